The first-order valence-corrected chi connectivity index (χ1v) is 11.7. The molecule has 178 valence electrons. The number of hydrogen-bond acceptors (Lipinski definition) is 7. The lowest BCUT2D eigenvalue weighted by molar-refractivity contribution is 0.0519. The average Bonchev–Trinajstić information content (AvgIpc) is 2.92. The van der Waals surface area contributed by atoms with E-state index in [1.807, 2.05) is 66.7 Å². The van der Waals surface area contributed by atoms with E-state index >= 15 is 0 Å². The van der Waals surface area contributed by atoms with E-state index < -0.39 is 11.9 Å². The van der Waals surface area contributed by atoms with Gasteiger partial charge in [-0.05, 0) is 50.2 Å². The number of hydrogen-bond donors (Lipinski definition) is 0. The van der Waals surface area contributed by atoms with Crippen molar-refractivity contribution in [2.24, 2.45) is 0 Å². The number of fused-ring (bicyclic) bond motifs is 2. The Hall–Kier alpha value is -4.65. The van der Waals surface area contributed by atoms with Gasteiger partial charge in [0.15, 0.2) is 0 Å². The Morgan fingerprint density at radius 3 is 1.47 bits per heavy atom. The number of aromatic nitrogens is 3. The minimum atomic E-state index is -0.413. The van der Waals surface area contributed by atoms with Gasteiger partial charge >= 0.3 is 11.9 Å². The van der Waals surface area contributed by atoms with E-state index in [2.05, 4.69) is 0 Å². The molecule has 2 aromatic carbocycles. The molecule has 3 heterocycles. The van der Waals surface area contributed by atoms with Gasteiger partial charge in [-0.3, -0.25) is 0 Å². The Kier molecular flexibility index (Phi) is 6.36. The van der Waals surface area contributed by atoms with Gasteiger partial charge in [0.05, 0.1) is 58.1 Å². The maximum atomic E-state index is 12.7. The van der Waals surface area contributed by atoms with Crippen LogP contribution in [0.15, 0.2) is 78.9 Å². The molecule has 7 nitrogen and oxygen atoms in total. The zero-order chi connectivity index (χ0) is 25.1. The minimum Gasteiger partial charge on any atom is -0.462 e. The summed E-state index contributed by atoms with van der Waals surface area (Å²) in [6, 6.07) is 23.7. The van der Waals surface area contributed by atoms with Crippen LogP contribution >= 0.6 is 0 Å². The molecule has 0 bridgehead atoms. The van der Waals surface area contributed by atoms with E-state index in [1.165, 1.54) is 0 Å². The van der Waals surface area contributed by atoms with E-state index in [4.69, 9.17) is 24.4 Å². The number of pyridine rings is 3. The van der Waals surface area contributed by atoms with Crippen molar-refractivity contribution < 1.29 is 19.1 Å². The molecule has 0 saturated heterocycles. The lowest BCUT2D eigenvalue weighted by Gasteiger charge is -2.11. The standard InChI is InChI=1S/C29H23N3O4/c1-3-35-28(33)20-16-26(30-22-12-7-5-10-18(20)22)24-14-9-15-25(32-24)27-17-21(29(34)36-4-2)19-11-6-8-13-23(19)31-27/h5-17H,3-4H2,1-2H3. The summed E-state index contributed by atoms with van der Waals surface area (Å²) < 4.78 is 10.6. The number of rotatable bonds is 6. The highest BCUT2D eigenvalue weighted by molar-refractivity contribution is 6.05. The van der Waals surface area contributed by atoms with Crippen LogP contribution in [0.2, 0.25) is 0 Å². The predicted molar refractivity (Wildman–Crippen MR) is 138 cm³/mol. The van der Waals surface area contributed by atoms with Gasteiger partial charge in [-0.2, -0.15) is 0 Å². The molecule has 0 unspecified atom stereocenters. The summed E-state index contributed by atoms with van der Waals surface area (Å²) in [7, 11) is 0. The zero-order valence-corrected chi connectivity index (χ0v) is 19.9. The van der Waals surface area contributed by atoms with Crippen LogP contribution in [0.3, 0.4) is 0 Å². The quantitative estimate of drug-likeness (QED) is 0.283. The molecule has 36 heavy (non-hydrogen) atoms. The highest BCUT2D eigenvalue weighted by atomic mass is 16.5. The van der Waals surface area contributed by atoms with Crippen LogP contribution < -0.4 is 0 Å². The molecule has 0 radical (unpaired) electrons. The number of esters is 2. The third kappa shape index (κ3) is 4.38. The lowest BCUT2D eigenvalue weighted by Crippen LogP contribution is -2.07. The van der Waals surface area contributed by atoms with Crippen molar-refractivity contribution in [1.29, 1.82) is 0 Å². The van der Waals surface area contributed by atoms with Crippen LogP contribution in [0.1, 0.15) is 34.6 Å². The number of nitrogens with zero attached hydrogens (tertiary/aromatic N) is 3. The van der Waals surface area contributed by atoms with Crippen LogP contribution in [-0.2, 0) is 9.47 Å². The molecule has 0 fully saturated rings. The summed E-state index contributed by atoms with van der Waals surface area (Å²) in [5.74, 6) is -0.826. The molecule has 0 aliphatic rings. The highest BCUT2D eigenvalue weighted by Gasteiger charge is 2.18. The van der Waals surface area contributed by atoms with E-state index in [0.29, 0.717) is 55.7 Å². The first kappa shape index (κ1) is 23.1. The number of benzene rings is 2. The van der Waals surface area contributed by atoms with Crippen molar-refractivity contribution >= 4 is 33.7 Å². The highest BCUT2D eigenvalue weighted by Crippen LogP contribution is 2.28. The number of para-hydroxylation sites is 2. The topological polar surface area (TPSA) is 91.3 Å². The lowest BCUT2D eigenvalue weighted by atomic mass is 10.0. The number of ether oxygens (including phenoxy) is 2. The maximum absolute atomic E-state index is 12.7. The molecule has 3 aromatic heterocycles. The molecule has 5 aromatic rings. The van der Waals surface area contributed by atoms with Crippen molar-refractivity contribution in [2.45, 2.75) is 13.8 Å². The summed E-state index contributed by atoms with van der Waals surface area (Å²) in [5.41, 5.74) is 4.39. The van der Waals surface area contributed by atoms with Crippen molar-refractivity contribution in [3.8, 4) is 22.8 Å². The summed E-state index contributed by atoms with van der Waals surface area (Å²) in [6.45, 7) is 4.09. The first-order chi connectivity index (χ1) is 17.6. The smallest absolute Gasteiger partial charge is 0.338 e. The minimum absolute atomic E-state index is 0.273. The Morgan fingerprint density at radius 1 is 0.583 bits per heavy atom. The summed E-state index contributed by atoms with van der Waals surface area (Å²) >= 11 is 0. The molecule has 0 amide bonds. The summed E-state index contributed by atoms with van der Waals surface area (Å²) in [4.78, 5) is 39.6. The fraction of sp³-hybridized carbons (Fsp3) is 0.138. The second kappa shape index (κ2) is 9.92. The third-order valence-corrected chi connectivity index (χ3v) is 5.70. The summed E-state index contributed by atoms with van der Waals surface area (Å²) in [5, 5.41) is 1.43. The van der Waals surface area contributed by atoms with Gasteiger partial charge in [0.25, 0.3) is 0 Å². The molecule has 0 N–H and O–H groups in total. The first-order valence-electron chi connectivity index (χ1n) is 11.7. The van der Waals surface area contributed by atoms with Crippen LogP contribution in [-0.4, -0.2) is 40.1 Å². The Labute approximate surface area is 207 Å². The largest absolute Gasteiger partial charge is 0.462 e. The Balaban J connectivity index is 1.64. The molecule has 0 saturated carbocycles. The Morgan fingerprint density at radius 2 is 1.03 bits per heavy atom. The second-order valence-electron chi connectivity index (χ2n) is 7.99. The summed E-state index contributed by atoms with van der Waals surface area (Å²) in [6.07, 6.45) is 0. The van der Waals surface area contributed by atoms with Crippen LogP contribution in [0.4, 0.5) is 0 Å². The van der Waals surface area contributed by atoms with Gasteiger partial charge in [-0.25, -0.2) is 24.5 Å². The van der Waals surface area contributed by atoms with Gasteiger partial charge in [-0.1, -0.05) is 42.5 Å². The normalized spacial score (nSPS) is 10.9. The maximum Gasteiger partial charge on any atom is 0.338 e. The van der Waals surface area contributed by atoms with Crippen LogP contribution in [0.25, 0.3) is 44.6 Å². The Bertz CT molecular complexity index is 1500. The van der Waals surface area contributed by atoms with E-state index in [1.54, 1.807) is 26.0 Å². The predicted octanol–water partition coefficient (Wildman–Crippen LogP) is 5.87. The van der Waals surface area contributed by atoms with Gasteiger partial charge in [-0.15, -0.1) is 0 Å². The van der Waals surface area contributed by atoms with Crippen molar-refractivity contribution in [2.75, 3.05) is 13.2 Å². The molecule has 7 heteroatoms. The van der Waals surface area contributed by atoms with E-state index in [9.17, 15) is 9.59 Å². The van der Waals surface area contributed by atoms with Gasteiger partial charge in [0.2, 0.25) is 0 Å². The molecular weight excluding hydrogens is 454 g/mol. The number of carbonyl (C=O) groups is 2. The SMILES string of the molecule is CCOC(=O)c1cc(-c2cccc(-c3cc(C(=O)OCC)c4ccccc4n3)n2)nc2ccccc12. The molecule has 0 aliphatic heterocycles. The number of carbonyl (C=O) groups excluding carboxylic acids is 2. The zero-order valence-electron chi connectivity index (χ0n) is 19.9. The van der Waals surface area contributed by atoms with Gasteiger partial charge < -0.3 is 9.47 Å². The van der Waals surface area contributed by atoms with E-state index in [0.717, 1.165) is 0 Å². The fourth-order valence-corrected chi connectivity index (χ4v) is 4.09. The van der Waals surface area contributed by atoms with Crippen molar-refractivity contribution in [1.82, 2.24) is 15.0 Å². The monoisotopic (exact) mass is 477 g/mol. The van der Waals surface area contributed by atoms with Gasteiger partial charge in [0.1, 0.15) is 0 Å². The molecule has 0 aliphatic carbocycles. The van der Waals surface area contributed by atoms with Crippen LogP contribution in [0, 0.1) is 0 Å². The molecule has 0 atom stereocenters. The van der Waals surface area contributed by atoms with Gasteiger partial charge in [0, 0.05) is 10.8 Å². The average molecular weight is 478 g/mol. The van der Waals surface area contributed by atoms with Crippen molar-refractivity contribution in [3.63, 3.8) is 0 Å². The molecule has 5 rings (SSSR count). The van der Waals surface area contributed by atoms with E-state index in [-0.39, 0.29) is 13.2 Å². The van der Waals surface area contributed by atoms with Crippen LogP contribution in [0.5, 0.6) is 0 Å². The molecular formula is C29H23N3O4. The fourth-order valence-electron chi connectivity index (χ4n) is 4.09. The van der Waals surface area contributed by atoms with Crippen molar-refractivity contribution in [3.05, 3.63) is 90.0 Å². The molecule has 0 spiro atoms. The third-order valence-electron chi connectivity index (χ3n) is 5.70. The second-order valence-corrected chi connectivity index (χ2v) is 7.99.